The van der Waals surface area contributed by atoms with Gasteiger partial charge in [0.25, 0.3) is 0 Å². The van der Waals surface area contributed by atoms with E-state index in [4.69, 9.17) is 14.2 Å². The van der Waals surface area contributed by atoms with Crippen molar-refractivity contribution in [3.05, 3.63) is 107 Å². The first-order valence-electron chi connectivity index (χ1n) is 17.3. The molecule has 0 aliphatic heterocycles. The molecule has 0 spiro atoms. The van der Waals surface area contributed by atoms with Crippen LogP contribution < -0.4 is 9.47 Å². The van der Waals surface area contributed by atoms with Gasteiger partial charge in [-0.05, 0) is 72.6 Å². The maximum atomic E-state index is 6.57. The minimum absolute atomic E-state index is 0.123. The van der Waals surface area contributed by atoms with Crippen molar-refractivity contribution in [2.24, 2.45) is 10.8 Å². The van der Waals surface area contributed by atoms with Crippen molar-refractivity contribution < 1.29 is 14.2 Å². The van der Waals surface area contributed by atoms with Crippen molar-refractivity contribution in [3.8, 4) is 11.5 Å². The van der Waals surface area contributed by atoms with E-state index in [9.17, 15) is 0 Å². The topological polar surface area (TPSA) is 27.7 Å². The molecule has 0 bridgehead atoms. The predicted octanol–water partition coefficient (Wildman–Crippen LogP) is 11.1. The molecular formula is C42H58O3. The SMILES string of the molecule is CCCOc1ccccc1C1(CCOCCC2(c3ccccc3OCCC)C=CC(C(C)(C)C)=CC2)C=CC(C(C)(C)C)=CC1. The van der Waals surface area contributed by atoms with Gasteiger partial charge >= 0.3 is 0 Å². The summed E-state index contributed by atoms with van der Waals surface area (Å²) in [7, 11) is 0. The summed E-state index contributed by atoms with van der Waals surface area (Å²) < 4.78 is 19.1. The van der Waals surface area contributed by atoms with Crippen LogP contribution in [0.25, 0.3) is 0 Å². The third kappa shape index (κ3) is 8.61. The van der Waals surface area contributed by atoms with Crippen LogP contribution in [0.5, 0.6) is 11.5 Å². The van der Waals surface area contributed by atoms with Crippen molar-refractivity contribution in [2.45, 2.75) is 105 Å². The zero-order chi connectivity index (χ0) is 32.6. The Balaban J connectivity index is 1.53. The smallest absolute Gasteiger partial charge is 0.123 e. The van der Waals surface area contributed by atoms with E-state index in [-0.39, 0.29) is 21.7 Å². The molecule has 0 saturated carbocycles. The molecule has 0 heterocycles. The molecular weight excluding hydrogens is 552 g/mol. The molecule has 0 amide bonds. The maximum absolute atomic E-state index is 6.57. The molecule has 0 N–H and O–H groups in total. The minimum Gasteiger partial charge on any atom is -0.493 e. The quantitative estimate of drug-likeness (QED) is 0.199. The van der Waals surface area contributed by atoms with Crippen LogP contribution in [0.4, 0.5) is 0 Å². The lowest BCUT2D eigenvalue weighted by molar-refractivity contribution is 0.105. The van der Waals surface area contributed by atoms with Gasteiger partial charge in [-0.2, -0.15) is 0 Å². The molecule has 2 aliphatic rings. The summed E-state index contributed by atoms with van der Waals surface area (Å²) >= 11 is 0. The molecule has 3 nitrogen and oxygen atoms in total. The monoisotopic (exact) mass is 610 g/mol. The first kappa shape index (κ1) is 34.8. The first-order chi connectivity index (χ1) is 21.4. The molecule has 2 unspecified atom stereocenters. The molecule has 0 fully saturated rings. The normalized spacial score (nSPS) is 21.8. The van der Waals surface area contributed by atoms with Gasteiger partial charge in [0.05, 0.1) is 13.2 Å². The summed E-state index contributed by atoms with van der Waals surface area (Å²) in [4.78, 5) is 0. The van der Waals surface area contributed by atoms with Gasteiger partial charge in [0.1, 0.15) is 11.5 Å². The van der Waals surface area contributed by atoms with Crippen molar-refractivity contribution in [2.75, 3.05) is 26.4 Å². The number of ether oxygens (including phenoxy) is 3. The number of rotatable bonds is 14. The van der Waals surface area contributed by atoms with E-state index >= 15 is 0 Å². The van der Waals surface area contributed by atoms with Gasteiger partial charge in [-0.15, -0.1) is 0 Å². The minimum atomic E-state index is -0.160. The van der Waals surface area contributed by atoms with Crippen molar-refractivity contribution >= 4 is 0 Å². The Bertz CT molecular complexity index is 1270. The lowest BCUT2D eigenvalue weighted by Crippen LogP contribution is -2.30. The molecule has 2 aromatic carbocycles. The summed E-state index contributed by atoms with van der Waals surface area (Å²) in [6.45, 7) is 20.9. The lowest BCUT2D eigenvalue weighted by Gasteiger charge is -2.37. The van der Waals surface area contributed by atoms with Gasteiger partial charge in [-0.3, -0.25) is 0 Å². The Morgan fingerprint density at radius 3 is 1.31 bits per heavy atom. The van der Waals surface area contributed by atoms with Crippen LogP contribution in [0.3, 0.4) is 0 Å². The summed E-state index contributed by atoms with van der Waals surface area (Å²) in [6.07, 6.45) is 20.1. The largest absolute Gasteiger partial charge is 0.493 e. The standard InChI is InChI=1S/C42H58O3/c1-9-29-44-37-17-13-11-15-35(37)41(23-19-33(20-24-41)39(3,4)5)27-31-43-32-28-42(25-21-34(22-26-42)40(6,7)8)36-16-12-14-18-38(36)45-30-10-2/h11-23,25H,9-10,24,26-32H2,1-8H3. The van der Waals surface area contributed by atoms with E-state index in [1.165, 1.54) is 22.3 Å². The number of allylic oxidation sites excluding steroid dienone is 8. The van der Waals surface area contributed by atoms with Crippen LogP contribution in [0.1, 0.15) is 105 Å². The first-order valence-corrected chi connectivity index (χ1v) is 17.3. The highest BCUT2D eigenvalue weighted by Gasteiger charge is 2.36. The van der Waals surface area contributed by atoms with Crippen LogP contribution in [0.15, 0.2) is 96.1 Å². The molecule has 244 valence electrons. The molecule has 3 heteroatoms. The number of hydrogen-bond acceptors (Lipinski definition) is 3. The van der Waals surface area contributed by atoms with Crippen LogP contribution in [0.2, 0.25) is 0 Å². The Morgan fingerprint density at radius 1 is 0.578 bits per heavy atom. The van der Waals surface area contributed by atoms with Crippen LogP contribution in [0, 0.1) is 10.8 Å². The van der Waals surface area contributed by atoms with Crippen molar-refractivity contribution in [1.29, 1.82) is 0 Å². The Morgan fingerprint density at radius 2 is 0.978 bits per heavy atom. The highest BCUT2D eigenvalue weighted by atomic mass is 16.5. The number of para-hydroxylation sites is 2. The van der Waals surface area contributed by atoms with E-state index in [0.29, 0.717) is 13.2 Å². The molecule has 0 saturated heterocycles. The van der Waals surface area contributed by atoms with E-state index < -0.39 is 0 Å². The Hall–Kier alpha value is -3.04. The maximum Gasteiger partial charge on any atom is 0.123 e. The lowest BCUT2D eigenvalue weighted by atomic mass is 9.69. The van der Waals surface area contributed by atoms with E-state index in [0.717, 1.165) is 63.2 Å². The average molecular weight is 611 g/mol. The third-order valence-electron chi connectivity index (χ3n) is 9.42. The second kappa shape index (κ2) is 15.0. The summed E-state index contributed by atoms with van der Waals surface area (Å²) in [6, 6.07) is 17.2. The van der Waals surface area contributed by atoms with Gasteiger partial charge in [-0.1, -0.05) is 128 Å². The number of hydrogen-bond donors (Lipinski definition) is 0. The highest BCUT2D eigenvalue weighted by Crippen LogP contribution is 2.46. The summed E-state index contributed by atoms with van der Waals surface area (Å²) in [5.74, 6) is 1.99. The zero-order valence-corrected chi connectivity index (χ0v) is 29.4. The zero-order valence-electron chi connectivity index (χ0n) is 29.4. The summed E-state index contributed by atoms with van der Waals surface area (Å²) in [5.41, 5.74) is 5.23. The third-order valence-corrected chi connectivity index (χ3v) is 9.42. The molecule has 0 aromatic heterocycles. The van der Waals surface area contributed by atoms with Gasteiger partial charge in [0.2, 0.25) is 0 Å². The molecule has 0 radical (unpaired) electrons. The fourth-order valence-corrected chi connectivity index (χ4v) is 6.55. The fourth-order valence-electron chi connectivity index (χ4n) is 6.55. The molecule has 45 heavy (non-hydrogen) atoms. The fraction of sp³-hybridized carbons (Fsp3) is 0.524. The summed E-state index contributed by atoms with van der Waals surface area (Å²) in [5, 5.41) is 0. The molecule has 2 aromatic rings. The Kier molecular flexibility index (Phi) is 11.6. The second-order valence-corrected chi connectivity index (χ2v) is 15.0. The second-order valence-electron chi connectivity index (χ2n) is 15.0. The van der Waals surface area contributed by atoms with Gasteiger partial charge in [0, 0.05) is 35.2 Å². The van der Waals surface area contributed by atoms with Crippen molar-refractivity contribution in [3.63, 3.8) is 0 Å². The van der Waals surface area contributed by atoms with Gasteiger partial charge in [-0.25, -0.2) is 0 Å². The molecule has 4 rings (SSSR count). The van der Waals surface area contributed by atoms with Crippen LogP contribution >= 0.6 is 0 Å². The van der Waals surface area contributed by atoms with Crippen LogP contribution in [-0.2, 0) is 15.6 Å². The Labute approximate surface area is 274 Å². The predicted molar refractivity (Wildman–Crippen MR) is 190 cm³/mol. The molecule has 2 atom stereocenters. The number of benzene rings is 2. The van der Waals surface area contributed by atoms with Gasteiger partial charge < -0.3 is 14.2 Å². The van der Waals surface area contributed by atoms with Crippen molar-refractivity contribution in [1.82, 2.24) is 0 Å². The van der Waals surface area contributed by atoms with E-state index in [2.05, 4.69) is 140 Å². The van der Waals surface area contributed by atoms with E-state index in [1.54, 1.807) is 0 Å². The average Bonchev–Trinajstić information content (AvgIpc) is 3.02. The van der Waals surface area contributed by atoms with E-state index in [1.807, 2.05) is 0 Å². The van der Waals surface area contributed by atoms with Crippen LogP contribution in [-0.4, -0.2) is 26.4 Å². The van der Waals surface area contributed by atoms with Gasteiger partial charge in [0.15, 0.2) is 0 Å². The highest BCUT2D eigenvalue weighted by molar-refractivity contribution is 5.48. The molecule has 2 aliphatic carbocycles.